The highest BCUT2D eigenvalue weighted by Crippen LogP contribution is 2.25. The number of thiazole rings is 1. The first-order valence-electron chi connectivity index (χ1n) is 13.0. The second kappa shape index (κ2) is 15.5. The first-order chi connectivity index (χ1) is 18.4. The van der Waals surface area contributed by atoms with Gasteiger partial charge in [0.2, 0.25) is 0 Å². The van der Waals surface area contributed by atoms with Crippen molar-refractivity contribution in [2.45, 2.75) is 53.4 Å². The van der Waals surface area contributed by atoms with Crippen LogP contribution in [0.25, 0.3) is 0 Å². The van der Waals surface area contributed by atoms with Gasteiger partial charge in [0.15, 0.2) is 5.17 Å². The molecule has 3 heterocycles. The van der Waals surface area contributed by atoms with Crippen molar-refractivity contribution in [2.75, 3.05) is 32.1 Å². The summed E-state index contributed by atoms with van der Waals surface area (Å²) in [7, 11) is 0. The molecule has 4 rings (SSSR count). The Balaban J connectivity index is 0.000000329. The smallest absolute Gasteiger partial charge is 0.309 e. The minimum absolute atomic E-state index is 0.0374. The molecule has 38 heavy (non-hydrogen) atoms. The molecular weight excluding hydrogens is 522 g/mol. The van der Waals surface area contributed by atoms with Crippen molar-refractivity contribution in [1.29, 1.82) is 0 Å². The molecule has 0 atom stereocenters. The van der Waals surface area contributed by atoms with E-state index in [0.717, 1.165) is 61.9 Å². The van der Waals surface area contributed by atoms with Crippen molar-refractivity contribution >= 4 is 46.5 Å². The van der Waals surface area contributed by atoms with Crippen LogP contribution in [-0.2, 0) is 16.0 Å². The highest BCUT2D eigenvalue weighted by atomic mass is 32.2. The number of fused-ring (bicyclic) bond motifs is 1. The van der Waals surface area contributed by atoms with Crippen LogP contribution in [0, 0.1) is 19.8 Å². The number of aromatic nitrogens is 1. The van der Waals surface area contributed by atoms with Crippen LogP contribution >= 0.6 is 23.1 Å². The maximum atomic E-state index is 12.3. The molecule has 2 aliphatic heterocycles. The van der Waals surface area contributed by atoms with Gasteiger partial charge in [-0.2, -0.15) is 0 Å². The first kappa shape index (κ1) is 29.6. The zero-order chi connectivity index (χ0) is 27.3. The lowest BCUT2D eigenvalue weighted by molar-refractivity contribution is -0.149. The van der Waals surface area contributed by atoms with Gasteiger partial charge in [-0.1, -0.05) is 36.4 Å². The second-order valence-electron chi connectivity index (χ2n) is 8.96. The van der Waals surface area contributed by atoms with Crippen LogP contribution in [0.3, 0.4) is 0 Å². The molecule has 0 unspecified atom stereocenters. The van der Waals surface area contributed by atoms with E-state index < -0.39 is 0 Å². The van der Waals surface area contributed by atoms with Gasteiger partial charge in [-0.25, -0.2) is 4.98 Å². The monoisotopic (exact) mass is 559 g/mol. The number of nitrogens with one attached hydrogen (secondary N) is 1. The quantitative estimate of drug-likeness (QED) is 0.224. The predicted molar refractivity (Wildman–Crippen MR) is 154 cm³/mol. The number of piperidine rings is 1. The van der Waals surface area contributed by atoms with Crippen molar-refractivity contribution in [1.82, 2.24) is 15.2 Å². The van der Waals surface area contributed by atoms with Gasteiger partial charge < -0.3 is 14.4 Å². The molecular formula is C27H37N5O4S2. The fourth-order valence-electron chi connectivity index (χ4n) is 3.89. The number of hydrogen-bond acceptors (Lipinski definition) is 9. The Morgan fingerprint density at radius 1 is 1.29 bits per heavy atom. The lowest BCUT2D eigenvalue weighted by Crippen LogP contribution is -2.36. The number of carbonyl (C=O) groups is 2. The summed E-state index contributed by atoms with van der Waals surface area (Å²) < 4.78 is 10.4. The summed E-state index contributed by atoms with van der Waals surface area (Å²) in [5.41, 5.74) is 3.07. The summed E-state index contributed by atoms with van der Waals surface area (Å²) in [6, 6.07) is 6.34. The van der Waals surface area contributed by atoms with Crippen molar-refractivity contribution in [2.24, 2.45) is 16.1 Å². The number of nitrogens with zero attached hydrogens (tertiary/aromatic N) is 4. The Morgan fingerprint density at radius 2 is 2.08 bits per heavy atom. The maximum Gasteiger partial charge on any atom is 0.309 e. The van der Waals surface area contributed by atoms with Gasteiger partial charge in [0.1, 0.15) is 17.8 Å². The molecule has 2 aromatic rings. The number of thioether (sulfide) groups is 1. The molecule has 206 valence electrons. The van der Waals surface area contributed by atoms with E-state index in [-0.39, 0.29) is 17.8 Å². The van der Waals surface area contributed by atoms with Gasteiger partial charge in [-0.15, -0.1) is 21.5 Å². The Labute approximate surface area is 233 Å². The zero-order valence-corrected chi connectivity index (χ0v) is 24.2. The Kier molecular flexibility index (Phi) is 12.1. The Bertz CT molecular complexity index is 1130. The van der Waals surface area contributed by atoms with E-state index in [2.05, 4.69) is 52.6 Å². The van der Waals surface area contributed by atoms with Gasteiger partial charge >= 0.3 is 5.97 Å². The molecule has 1 aromatic heterocycles. The van der Waals surface area contributed by atoms with Crippen LogP contribution in [0.4, 0.5) is 0 Å². The van der Waals surface area contributed by atoms with Crippen LogP contribution in [0.15, 0.2) is 33.8 Å². The second-order valence-corrected chi connectivity index (χ2v) is 11.1. The van der Waals surface area contributed by atoms with E-state index in [1.165, 1.54) is 34.2 Å². The van der Waals surface area contributed by atoms with Crippen LogP contribution in [0.1, 0.15) is 59.7 Å². The molecule has 1 amide bonds. The molecule has 1 fully saturated rings. The predicted octanol–water partition coefficient (Wildman–Crippen LogP) is 4.83. The highest BCUT2D eigenvalue weighted by molar-refractivity contribution is 8.13. The Morgan fingerprint density at radius 3 is 2.76 bits per heavy atom. The maximum absolute atomic E-state index is 12.3. The van der Waals surface area contributed by atoms with Gasteiger partial charge in [-0.3, -0.25) is 14.9 Å². The molecule has 1 N–H and O–H groups in total. The summed E-state index contributed by atoms with van der Waals surface area (Å²) in [4.78, 5) is 30.3. The molecule has 0 bridgehead atoms. The lowest BCUT2D eigenvalue weighted by Gasteiger charge is -2.28. The van der Waals surface area contributed by atoms with Crippen molar-refractivity contribution < 1.29 is 19.1 Å². The van der Waals surface area contributed by atoms with Crippen LogP contribution in [0.2, 0.25) is 0 Å². The molecule has 0 radical (unpaired) electrons. The van der Waals surface area contributed by atoms with Crippen LogP contribution in [0.5, 0.6) is 5.75 Å². The number of ether oxygens (including phenoxy) is 2. The summed E-state index contributed by atoms with van der Waals surface area (Å²) >= 11 is 2.88. The van der Waals surface area contributed by atoms with E-state index in [1.54, 1.807) is 11.7 Å². The van der Waals surface area contributed by atoms with Gasteiger partial charge in [0.05, 0.1) is 24.1 Å². The van der Waals surface area contributed by atoms with E-state index >= 15 is 0 Å². The minimum atomic E-state index is -0.280. The molecule has 1 aromatic carbocycles. The third-order valence-corrected chi connectivity index (χ3v) is 7.72. The fourth-order valence-corrected chi connectivity index (χ4v) is 5.16. The van der Waals surface area contributed by atoms with Gasteiger partial charge in [-0.05, 0) is 51.7 Å². The molecule has 0 spiro atoms. The van der Waals surface area contributed by atoms with Gasteiger partial charge in [0, 0.05) is 30.6 Å². The molecule has 1 saturated heterocycles. The van der Waals surface area contributed by atoms with Gasteiger partial charge in [0.25, 0.3) is 5.91 Å². The third-order valence-electron chi connectivity index (χ3n) is 5.87. The summed E-state index contributed by atoms with van der Waals surface area (Å²) in [6.45, 7) is 10.6. The fraction of sp³-hybridized carbons (Fsp3) is 0.519. The largest absolute Gasteiger partial charge is 0.493 e. The van der Waals surface area contributed by atoms with E-state index in [1.807, 2.05) is 18.7 Å². The number of rotatable bonds is 7. The number of amidine groups is 1. The number of carbonyl (C=O) groups excluding carboxylic acids is 2. The summed E-state index contributed by atoms with van der Waals surface area (Å²) in [5, 5.41) is 14.1. The lowest BCUT2D eigenvalue weighted by atomic mass is 9.97. The number of likely N-dealkylation sites (tertiary alicyclic amines) is 1. The number of benzene rings is 1. The standard InChI is InChI=1S/C18H27N5O3S2.C9H10O/c1-4-10-27-18(21-16(24)15-11-28-13(3)20-15)22-19-12-23-8-6-14(7-9-23)17(25)26-5-2;1-7-2-3-9-8(6-7)4-5-10-9/h11-12,14H,4-10H2,1-3H3,(H,21,22,24);2-3,6H,4-5H2,1H3/b19-12+;. The number of amides is 1. The first-order valence-corrected chi connectivity index (χ1v) is 14.9. The van der Waals surface area contributed by atoms with Crippen molar-refractivity contribution in [3.63, 3.8) is 0 Å². The third kappa shape index (κ3) is 9.43. The SMILES string of the molecule is CCCS/C(=N\N=C\N1CCC(C(=O)OCC)CC1)NC(=O)c1csc(C)n1.Cc1ccc2c(c1)CCO2. The number of aryl methyl sites for hydroxylation is 2. The van der Waals surface area contributed by atoms with Crippen molar-refractivity contribution in [3.05, 3.63) is 45.4 Å². The molecule has 2 aliphatic rings. The molecule has 11 heteroatoms. The minimum Gasteiger partial charge on any atom is -0.493 e. The normalized spacial score (nSPS) is 15.5. The van der Waals surface area contributed by atoms with Crippen LogP contribution in [-0.4, -0.2) is 65.3 Å². The van der Waals surface area contributed by atoms with E-state index in [9.17, 15) is 9.59 Å². The van der Waals surface area contributed by atoms with Crippen molar-refractivity contribution in [3.8, 4) is 5.75 Å². The average Bonchev–Trinajstić information content (AvgIpc) is 3.56. The highest BCUT2D eigenvalue weighted by Gasteiger charge is 2.24. The van der Waals surface area contributed by atoms with E-state index in [0.29, 0.717) is 17.5 Å². The topological polar surface area (TPSA) is 105 Å². The number of hydrogen-bond donors (Lipinski definition) is 1. The summed E-state index contributed by atoms with van der Waals surface area (Å²) in [5.74, 6) is 1.47. The van der Waals surface area contributed by atoms with E-state index in [4.69, 9.17) is 9.47 Å². The molecule has 0 saturated carbocycles. The number of esters is 1. The molecule has 0 aliphatic carbocycles. The molecule has 9 nitrogen and oxygen atoms in total. The zero-order valence-electron chi connectivity index (χ0n) is 22.6. The van der Waals surface area contributed by atoms with Crippen LogP contribution < -0.4 is 10.1 Å². The average molecular weight is 560 g/mol. The summed E-state index contributed by atoms with van der Waals surface area (Å²) in [6.07, 6.45) is 5.18. The Hall–Kier alpha value is -2.92.